The van der Waals surface area contributed by atoms with E-state index in [-0.39, 0.29) is 11.3 Å². The van der Waals surface area contributed by atoms with Crippen molar-refractivity contribution in [3.8, 4) is 5.75 Å². The van der Waals surface area contributed by atoms with Crippen molar-refractivity contribution in [1.29, 1.82) is 0 Å². The quantitative estimate of drug-likeness (QED) is 0.774. The van der Waals surface area contributed by atoms with E-state index in [1.165, 1.54) is 13.2 Å². The molecular weight excluding hydrogens is 319 g/mol. The van der Waals surface area contributed by atoms with E-state index in [4.69, 9.17) is 4.74 Å². The number of nitrogens with one attached hydrogen (secondary N) is 1. The Bertz CT molecular complexity index is 851. The molecule has 3 aromatic rings. The predicted octanol–water partition coefficient (Wildman–Crippen LogP) is 4.27. The number of benzene rings is 2. The lowest BCUT2D eigenvalue weighted by atomic mass is 10.2. The summed E-state index contributed by atoms with van der Waals surface area (Å²) < 4.78 is 44.2. The first-order valence-electron chi connectivity index (χ1n) is 7.18. The van der Waals surface area contributed by atoms with Crippen LogP contribution >= 0.6 is 0 Å². The van der Waals surface area contributed by atoms with Gasteiger partial charge in [-0.3, -0.25) is 0 Å². The second kappa shape index (κ2) is 6.35. The number of rotatable bonds is 4. The fraction of sp³-hybridized carbons (Fsp3) is 0.176. The van der Waals surface area contributed by atoms with E-state index < -0.39 is 12.0 Å². The normalized spacial score (nSPS) is 11.5. The van der Waals surface area contributed by atoms with E-state index in [1.807, 2.05) is 30.3 Å². The van der Waals surface area contributed by atoms with Gasteiger partial charge < -0.3 is 10.1 Å². The molecule has 0 unspecified atom stereocenters. The summed E-state index contributed by atoms with van der Waals surface area (Å²) in [5.41, 5.74) is 1.11. The van der Waals surface area contributed by atoms with Crippen LogP contribution in [0.15, 0.2) is 48.5 Å². The van der Waals surface area contributed by atoms with Crippen molar-refractivity contribution in [2.75, 3.05) is 12.4 Å². The first kappa shape index (κ1) is 16.0. The zero-order chi connectivity index (χ0) is 17.2. The van der Waals surface area contributed by atoms with Gasteiger partial charge in [-0.05, 0) is 17.7 Å². The second-order valence-electron chi connectivity index (χ2n) is 5.12. The molecule has 0 fully saturated rings. The van der Waals surface area contributed by atoms with Gasteiger partial charge in [0.2, 0.25) is 5.82 Å². The van der Waals surface area contributed by atoms with Crippen LogP contribution in [0.25, 0.3) is 10.9 Å². The predicted molar refractivity (Wildman–Crippen MR) is 84.9 cm³/mol. The summed E-state index contributed by atoms with van der Waals surface area (Å²) in [5.74, 6) is -0.610. The van der Waals surface area contributed by atoms with Gasteiger partial charge in [0.25, 0.3) is 0 Å². The monoisotopic (exact) mass is 333 g/mol. The van der Waals surface area contributed by atoms with Gasteiger partial charge in [-0.2, -0.15) is 13.2 Å². The number of methoxy groups -OCH3 is 1. The van der Waals surface area contributed by atoms with Crippen LogP contribution in [0.3, 0.4) is 0 Å². The first-order chi connectivity index (χ1) is 11.5. The van der Waals surface area contributed by atoms with Crippen molar-refractivity contribution in [1.82, 2.24) is 9.97 Å². The summed E-state index contributed by atoms with van der Waals surface area (Å²) in [6.45, 7) is 0.357. The van der Waals surface area contributed by atoms with Crippen molar-refractivity contribution in [3.05, 3.63) is 59.9 Å². The van der Waals surface area contributed by atoms with Gasteiger partial charge in [0.1, 0.15) is 11.6 Å². The van der Waals surface area contributed by atoms with Crippen molar-refractivity contribution in [3.63, 3.8) is 0 Å². The molecule has 0 saturated heterocycles. The smallest absolute Gasteiger partial charge is 0.451 e. The Balaban J connectivity index is 2.03. The molecule has 0 bridgehead atoms. The van der Waals surface area contributed by atoms with E-state index in [0.717, 1.165) is 5.56 Å². The summed E-state index contributed by atoms with van der Waals surface area (Å²) in [6.07, 6.45) is -4.62. The highest BCUT2D eigenvalue weighted by molar-refractivity contribution is 5.90. The van der Waals surface area contributed by atoms with E-state index in [1.54, 1.807) is 12.1 Å². The Morgan fingerprint density at radius 2 is 1.79 bits per heavy atom. The SMILES string of the molecule is COc1ccc2c(NCc3ccccc3)nc(C(F)(F)F)nc2c1. The van der Waals surface area contributed by atoms with Gasteiger partial charge >= 0.3 is 6.18 Å². The zero-order valence-electron chi connectivity index (χ0n) is 12.8. The summed E-state index contributed by atoms with van der Waals surface area (Å²) in [5, 5.41) is 3.46. The van der Waals surface area contributed by atoms with Crippen LogP contribution in [0.4, 0.5) is 19.0 Å². The molecule has 1 heterocycles. The molecule has 0 spiro atoms. The van der Waals surface area contributed by atoms with E-state index in [2.05, 4.69) is 15.3 Å². The van der Waals surface area contributed by atoms with Gasteiger partial charge in [-0.15, -0.1) is 0 Å². The third-order valence-electron chi connectivity index (χ3n) is 3.46. The molecule has 0 amide bonds. The first-order valence-corrected chi connectivity index (χ1v) is 7.18. The molecule has 0 aliphatic carbocycles. The molecule has 7 heteroatoms. The molecule has 2 aromatic carbocycles. The summed E-state index contributed by atoms with van der Waals surface area (Å²) >= 11 is 0. The lowest BCUT2D eigenvalue weighted by molar-refractivity contribution is -0.144. The highest BCUT2D eigenvalue weighted by atomic mass is 19.4. The van der Waals surface area contributed by atoms with Gasteiger partial charge in [0.15, 0.2) is 0 Å². The topological polar surface area (TPSA) is 47.0 Å². The molecule has 4 nitrogen and oxygen atoms in total. The average Bonchev–Trinajstić information content (AvgIpc) is 2.59. The standard InChI is InChI=1S/C17H14F3N3O/c1-24-12-7-8-13-14(9-12)22-16(17(18,19)20)23-15(13)21-10-11-5-3-2-4-6-11/h2-9H,10H2,1H3,(H,21,22,23). The third-order valence-corrected chi connectivity index (χ3v) is 3.46. The highest BCUT2D eigenvalue weighted by Gasteiger charge is 2.35. The Hall–Kier alpha value is -2.83. The number of halogens is 3. The summed E-state index contributed by atoms with van der Waals surface area (Å²) in [6, 6.07) is 14.1. The molecule has 0 saturated carbocycles. The number of fused-ring (bicyclic) bond motifs is 1. The molecule has 0 radical (unpaired) electrons. The maximum atomic E-state index is 13.1. The van der Waals surface area contributed by atoms with E-state index in [0.29, 0.717) is 17.7 Å². The van der Waals surface area contributed by atoms with E-state index >= 15 is 0 Å². The Morgan fingerprint density at radius 3 is 2.46 bits per heavy atom. The molecule has 0 atom stereocenters. The van der Waals surface area contributed by atoms with Crippen molar-refractivity contribution in [2.24, 2.45) is 0 Å². The van der Waals surface area contributed by atoms with Crippen LogP contribution in [0, 0.1) is 0 Å². The fourth-order valence-corrected chi connectivity index (χ4v) is 2.28. The maximum absolute atomic E-state index is 13.1. The highest BCUT2D eigenvalue weighted by Crippen LogP contribution is 2.31. The molecule has 24 heavy (non-hydrogen) atoms. The molecule has 0 aliphatic heterocycles. The van der Waals surface area contributed by atoms with Crippen LogP contribution in [-0.2, 0) is 12.7 Å². The molecule has 1 aromatic heterocycles. The van der Waals surface area contributed by atoms with E-state index in [9.17, 15) is 13.2 Å². The second-order valence-corrected chi connectivity index (χ2v) is 5.12. The molecule has 124 valence electrons. The number of ether oxygens (including phenoxy) is 1. The van der Waals surface area contributed by atoms with Gasteiger partial charge in [0, 0.05) is 18.0 Å². The van der Waals surface area contributed by atoms with Gasteiger partial charge in [-0.25, -0.2) is 9.97 Å². The molecule has 1 N–H and O–H groups in total. The minimum atomic E-state index is -4.62. The van der Waals surface area contributed by atoms with Crippen LogP contribution in [0.2, 0.25) is 0 Å². The van der Waals surface area contributed by atoms with Crippen LogP contribution in [-0.4, -0.2) is 17.1 Å². The lowest BCUT2D eigenvalue weighted by Gasteiger charge is -2.13. The largest absolute Gasteiger partial charge is 0.497 e. The number of hydrogen-bond acceptors (Lipinski definition) is 4. The van der Waals surface area contributed by atoms with Crippen LogP contribution in [0.1, 0.15) is 11.4 Å². The molecular formula is C17H14F3N3O. The van der Waals surface area contributed by atoms with Crippen LogP contribution < -0.4 is 10.1 Å². The third kappa shape index (κ3) is 3.40. The average molecular weight is 333 g/mol. The summed E-state index contributed by atoms with van der Waals surface area (Å²) in [7, 11) is 1.45. The van der Waals surface area contributed by atoms with Crippen molar-refractivity contribution >= 4 is 16.7 Å². The minimum absolute atomic E-state index is 0.138. The zero-order valence-corrected chi connectivity index (χ0v) is 12.8. The Kier molecular flexibility index (Phi) is 4.24. The van der Waals surface area contributed by atoms with Crippen molar-refractivity contribution < 1.29 is 17.9 Å². The summed E-state index contributed by atoms with van der Waals surface area (Å²) in [4.78, 5) is 7.27. The number of alkyl halides is 3. The number of nitrogens with zero attached hydrogens (tertiary/aromatic N) is 2. The number of aromatic nitrogens is 2. The Labute approximate surface area is 136 Å². The number of hydrogen-bond donors (Lipinski definition) is 1. The number of anilines is 1. The lowest BCUT2D eigenvalue weighted by Crippen LogP contribution is -2.13. The maximum Gasteiger partial charge on any atom is 0.451 e. The minimum Gasteiger partial charge on any atom is -0.497 e. The van der Waals surface area contributed by atoms with Crippen LogP contribution in [0.5, 0.6) is 5.75 Å². The van der Waals surface area contributed by atoms with Gasteiger partial charge in [0.05, 0.1) is 12.6 Å². The Morgan fingerprint density at radius 1 is 1.04 bits per heavy atom. The molecule has 0 aliphatic rings. The molecule has 3 rings (SSSR count). The van der Waals surface area contributed by atoms with Gasteiger partial charge in [-0.1, -0.05) is 30.3 Å². The fourth-order valence-electron chi connectivity index (χ4n) is 2.28. The van der Waals surface area contributed by atoms with Crippen molar-refractivity contribution in [2.45, 2.75) is 12.7 Å².